The van der Waals surface area contributed by atoms with E-state index >= 15 is 0 Å². The Balaban J connectivity index is 1.49. The van der Waals surface area contributed by atoms with Gasteiger partial charge in [0, 0.05) is 37.6 Å². The molecule has 3 aromatic rings. The summed E-state index contributed by atoms with van der Waals surface area (Å²) >= 11 is 0. The Morgan fingerprint density at radius 2 is 1.83 bits per heavy atom. The molecule has 0 saturated carbocycles. The van der Waals surface area contributed by atoms with Crippen molar-refractivity contribution in [3.05, 3.63) is 83.7 Å². The summed E-state index contributed by atoms with van der Waals surface area (Å²) in [4.78, 5) is 15.3. The van der Waals surface area contributed by atoms with Gasteiger partial charge in [-0.25, -0.2) is 4.68 Å². The Labute approximate surface area is 171 Å². The summed E-state index contributed by atoms with van der Waals surface area (Å²) in [5.41, 5.74) is 3.89. The van der Waals surface area contributed by atoms with E-state index in [0.29, 0.717) is 5.56 Å². The Morgan fingerprint density at radius 3 is 2.48 bits per heavy atom. The number of aromatic nitrogens is 2. The molecule has 1 unspecified atom stereocenters. The van der Waals surface area contributed by atoms with Crippen LogP contribution in [0.3, 0.4) is 0 Å². The first-order chi connectivity index (χ1) is 14.2. The highest BCUT2D eigenvalue weighted by molar-refractivity contribution is 5.94. The maximum atomic E-state index is 13.0. The lowest BCUT2D eigenvalue weighted by Crippen LogP contribution is -2.43. The summed E-state index contributed by atoms with van der Waals surface area (Å²) in [5.74, 6) is -0.0733. The van der Waals surface area contributed by atoms with E-state index in [4.69, 9.17) is 4.74 Å². The Morgan fingerprint density at radius 1 is 1.10 bits per heavy atom. The van der Waals surface area contributed by atoms with E-state index in [1.165, 1.54) is 5.56 Å². The van der Waals surface area contributed by atoms with Crippen LogP contribution in [0.25, 0.3) is 5.69 Å². The highest BCUT2D eigenvalue weighted by Gasteiger charge is 2.21. The molecular formula is C23H26N4O2. The molecule has 1 saturated heterocycles. The summed E-state index contributed by atoms with van der Waals surface area (Å²) in [6.07, 6.45) is 3.61. The SMILES string of the molecule is Cc1ccc(C(CN2CCOCC2)NC(=O)c2ccc(-n3cccn3)cc2)cc1. The lowest BCUT2D eigenvalue weighted by molar-refractivity contribution is 0.0332. The molecule has 2 aromatic carbocycles. The quantitative estimate of drug-likeness (QED) is 0.703. The second-order valence-electron chi connectivity index (χ2n) is 7.35. The standard InChI is InChI=1S/C23H26N4O2/c1-18-3-5-19(6-4-18)22(17-26-13-15-29-16-14-26)25-23(28)20-7-9-21(10-8-20)27-12-2-11-24-27/h2-12,22H,13-17H2,1H3,(H,25,28). The van der Waals surface area contributed by atoms with Gasteiger partial charge in [-0.1, -0.05) is 29.8 Å². The molecule has 1 N–H and O–H groups in total. The highest BCUT2D eigenvalue weighted by atomic mass is 16.5. The smallest absolute Gasteiger partial charge is 0.251 e. The number of nitrogens with zero attached hydrogens (tertiary/aromatic N) is 3. The fraction of sp³-hybridized carbons (Fsp3) is 0.304. The molecule has 0 bridgehead atoms. The normalized spacial score (nSPS) is 15.8. The molecule has 150 valence electrons. The maximum Gasteiger partial charge on any atom is 0.251 e. The number of aryl methyl sites for hydroxylation is 1. The fourth-order valence-corrected chi connectivity index (χ4v) is 3.50. The third kappa shape index (κ3) is 4.91. The van der Waals surface area contributed by atoms with Gasteiger partial charge in [0.05, 0.1) is 24.9 Å². The molecule has 1 aromatic heterocycles. The molecular weight excluding hydrogens is 364 g/mol. The predicted molar refractivity (Wildman–Crippen MR) is 112 cm³/mol. The largest absolute Gasteiger partial charge is 0.379 e. The fourth-order valence-electron chi connectivity index (χ4n) is 3.50. The number of ether oxygens (including phenoxy) is 1. The van der Waals surface area contributed by atoms with E-state index < -0.39 is 0 Å². The molecule has 1 atom stereocenters. The predicted octanol–water partition coefficient (Wildman–Crippen LogP) is 2.98. The van der Waals surface area contributed by atoms with Crippen LogP contribution in [-0.4, -0.2) is 53.4 Å². The second-order valence-corrected chi connectivity index (χ2v) is 7.35. The van der Waals surface area contributed by atoms with Gasteiger partial charge < -0.3 is 10.1 Å². The molecule has 2 heterocycles. The Kier molecular flexibility index (Phi) is 6.03. The van der Waals surface area contributed by atoms with Gasteiger partial charge in [0.15, 0.2) is 0 Å². The summed E-state index contributed by atoms with van der Waals surface area (Å²) < 4.78 is 7.23. The number of rotatable bonds is 6. The Bertz CT molecular complexity index is 915. The molecule has 6 heteroatoms. The minimum atomic E-state index is -0.0769. The van der Waals surface area contributed by atoms with Crippen LogP contribution < -0.4 is 5.32 Å². The van der Waals surface area contributed by atoms with Crippen LogP contribution in [0.4, 0.5) is 0 Å². The number of carbonyl (C=O) groups excluding carboxylic acids is 1. The van der Waals surface area contributed by atoms with Crippen molar-refractivity contribution in [1.29, 1.82) is 0 Å². The van der Waals surface area contributed by atoms with Crippen molar-refractivity contribution in [2.45, 2.75) is 13.0 Å². The van der Waals surface area contributed by atoms with Gasteiger partial charge >= 0.3 is 0 Å². The van der Waals surface area contributed by atoms with E-state index in [-0.39, 0.29) is 11.9 Å². The molecule has 1 aliphatic heterocycles. The third-order valence-corrected chi connectivity index (χ3v) is 5.23. The molecule has 1 fully saturated rings. The van der Waals surface area contributed by atoms with Gasteiger partial charge in [-0.15, -0.1) is 0 Å². The van der Waals surface area contributed by atoms with Crippen molar-refractivity contribution in [1.82, 2.24) is 20.0 Å². The number of hydrogen-bond donors (Lipinski definition) is 1. The topological polar surface area (TPSA) is 59.4 Å². The van der Waals surface area contributed by atoms with E-state index in [2.05, 4.69) is 46.5 Å². The van der Waals surface area contributed by atoms with Crippen LogP contribution in [0, 0.1) is 6.92 Å². The number of amides is 1. The number of benzene rings is 2. The lowest BCUT2D eigenvalue weighted by Gasteiger charge is -2.31. The van der Waals surface area contributed by atoms with Crippen LogP contribution >= 0.6 is 0 Å². The molecule has 0 aliphatic carbocycles. The van der Waals surface area contributed by atoms with E-state index in [1.54, 1.807) is 10.9 Å². The summed E-state index contributed by atoms with van der Waals surface area (Å²) in [6.45, 7) is 6.09. The zero-order valence-corrected chi connectivity index (χ0v) is 16.6. The highest BCUT2D eigenvalue weighted by Crippen LogP contribution is 2.18. The zero-order valence-electron chi connectivity index (χ0n) is 16.6. The van der Waals surface area contributed by atoms with Crippen molar-refractivity contribution in [2.24, 2.45) is 0 Å². The molecule has 29 heavy (non-hydrogen) atoms. The number of nitrogens with one attached hydrogen (secondary N) is 1. The third-order valence-electron chi connectivity index (χ3n) is 5.23. The van der Waals surface area contributed by atoms with E-state index in [0.717, 1.165) is 44.1 Å². The van der Waals surface area contributed by atoms with Crippen LogP contribution in [0.5, 0.6) is 0 Å². The van der Waals surface area contributed by atoms with Crippen molar-refractivity contribution >= 4 is 5.91 Å². The summed E-state index contributed by atoms with van der Waals surface area (Å²) in [6, 6.07) is 17.7. The summed E-state index contributed by atoms with van der Waals surface area (Å²) in [5, 5.41) is 7.45. The molecule has 1 aliphatic rings. The first kappa shape index (κ1) is 19.4. The van der Waals surface area contributed by atoms with E-state index in [9.17, 15) is 4.79 Å². The average Bonchev–Trinajstić information content (AvgIpc) is 3.30. The summed E-state index contributed by atoms with van der Waals surface area (Å²) in [7, 11) is 0. The molecule has 0 radical (unpaired) electrons. The average molecular weight is 390 g/mol. The van der Waals surface area contributed by atoms with Crippen LogP contribution in [0.15, 0.2) is 67.0 Å². The molecule has 4 rings (SSSR count). The minimum absolute atomic E-state index is 0.0733. The zero-order chi connectivity index (χ0) is 20.1. The van der Waals surface area contributed by atoms with Crippen LogP contribution in [0.1, 0.15) is 27.5 Å². The first-order valence-corrected chi connectivity index (χ1v) is 9.97. The number of hydrogen-bond acceptors (Lipinski definition) is 4. The molecule has 0 spiro atoms. The van der Waals surface area contributed by atoms with Gasteiger partial charge in [-0.05, 0) is 42.8 Å². The number of morpholine rings is 1. The lowest BCUT2D eigenvalue weighted by atomic mass is 10.0. The minimum Gasteiger partial charge on any atom is -0.379 e. The van der Waals surface area contributed by atoms with Crippen molar-refractivity contribution in [3.63, 3.8) is 0 Å². The van der Waals surface area contributed by atoms with Crippen molar-refractivity contribution < 1.29 is 9.53 Å². The van der Waals surface area contributed by atoms with Crippen molar-refractivity contribution in [3.8, 4) is 5.69 Å². The monoisotopic (exact) mass is 390 g/mol. The van der Waals surface area contributed by atoms with Gasteiger partial charge in [0.2, 0.25) is 0 Å². The number of carbonyl (C=O) groups is 1. The first-order valence-electron chi connectivity index (χ1n) is 9.97. The van der Waals surface area contributed by atoms with Gasteiger partial charge in [0.25, 0.3) is 5.91 Å². The van der Waals surface area contributed by atoms with Crippen LogP contribution in [0.2, 0.25) is 0 Å². The second kappa shape index (κ2) is 9.03. The maximum absolute atomic E-state index is 13.0. The van der Waals surface area contributed by atoms with Gasteiger partial charge in [-0.2, -0.15) is 5.10 Å². The van der Waals surface area contributed by atoms with Gasteiger partial charge in [0.1, 0.15) is 0 Å². The van der Waals surface area contributed by atoms with Crippen LogP contribution in [-0.2, 0) is 4.74 Å². The van der Waals surface area contributed by atoms with Crippen molar-refractivity contribution in [2.75, 3.05) is 32.8 Å². The molecule has 1 amide bonds. The van der Waals surface area contributed by atoms with E-state index in [1.807, 2.05) is 36.5 Å². The Hall–Kier alpha value is -2.96. The molecule has 6 nitrogen and oxygen atoms in total. The van der Waals surface area contributed by atoms with Gasteiger partial charge in [-0.3, -0.25) is 9.69 Å².